The zero-order valence-corrected chi connectivity index (χ0v) is 12.5. The lowest BCUT2D eigenvalue weighted by Gasteiger charge is -2.20. The van der Waals surface area contributed by atoms with Crippen molar-refractivity contribution in [1.29, 1.82) is 0 Å². The van der Waals surface area contributed by atoms with Crippen molar-refractivity contribution in [2.24, 2.45) is 0 Å². The molecule has 0 spiro atoms. The van der Waals surface area contributed by atoms with Gasteiger partial charge in [-0.2, -0.15) is 0 Å². The highest BCUT2D eigenvalue weighted by Gasteiger charge is 2.08. The highest BCUT2D eigenvalue weighted by molar-refractivity contribution is 5.61. The molecular formula is C16H21N3O. The van der Waals surface area contributed by atoms with Gasteiger partial charge < -0.3 is 15.0 Å². The SMILES string of the molecule is CNCc1ccc(N(C)c2cccc(OC)c2)nc1C. The average Bonchev–Trinajstić information content (AvgIpc) is 2.49. The molecule has 0 bridgehead atoms. The predicted molar refractivity (Wildman–Crippen MR) is 82.8 cm³/mol. The molecular weight excluding hydrogens is 250 g/mol. The van der Waals surface area contributed by atoms with Gasteiger partial charge in [-0.05, 0) is 37.7 Å². The molecule has 2 aromatic rings. The van der Waals surface area contributed by atoms with Gasteiger partial charge in [-0.15, -0.1) is 0 Å². The first-order valence-corrected chi connectivity index (χ1v) is 6.64. The number of ether oxygens (including phenoxy) is 1. The molecule has 4 heteroatoms. The zero-order chi connectivity index (χ0) is 14.5. The molecule has 106 valence electrons. The molecule has 1 heterocycles. The molecule has 0 unspecified atom stereocenters. The second-order valence-corrected chi connectivity index (χ2v) is 4.70. The average molecular weight is 271 g/mol. The van der Waals surface area contributed by atoms with Crippen molar-refractivity contribution in [3.8, 4) is 5.75 Å². The molecule has 0 saturated heterocycles. The molecule has 0 saturated carbocycles. The van der Waals surface area contributed by atoms with Crippen molar-refractivity contribution in [2.45, 2.75) is 13.5 Å². The van der Waals surface area contributed by atoms with Crippen LogP contribution >= 0.6 is 0 Å². The van der Waals surface area contributed by atoms with Gasteiger partial charge in [-0.25, -0.2) is 4.98 Å². The summed E-state index contributed by atoms with van der Waals surface area (Å²) < 4.78 is 5.26. The van der Waals surface area contributed by atoms with E-state index in [1.807, 2.05) is 51.4 Å². The minimum Gasteiger partial charge on any atom is -0.497 e. The Labute approximate surface area is 120 Å². The summed E-state index contributed by atoms with van der Waals surface area (Å²) in [5.41, 5.74) is 3.32. The third-order valence-corrected chi connectivity index (χ3v) is 3.33. The van der Waals surface area contributed by atoms with E-state index in [4.69, 9.17) is 4.74 Å². The normalized spacial score (nSPS) is 10.4. The maximum Gasteiger partial charge on any atom is 0.132 e. The fourth-order valence-corrected chi connectivity index (χ4v) is 2.09. The largest absolute Gasteiger partial charge is 0.497 e. The van der Waals surface area contributed by atoms with Gasteiger partial charge in [0.25, 0.3) is 0 Å². The van der Waals surface area contributed by atoms with Gasteiger partial charge in [-0.1, -0.05) is 12.1 Å². The summed E-state index contributed by atoms with van der Waals surface area (Å²) >= 11 is 0. The first-order chi connectivity index (χ1) is 9.65. The highest BCUT2D eigenvalue weighted by Crippen LogP contribution is 2.26. The first kappa shape index (κ1) is 14.3. The van der Waals surface area contributed by atoms with Crippen molar-refractivity contribution >= 4 is 11.5 Å². The van der Waals surface area contributed by atoms with Crippen molar-refractivity contribution in [1.82, 2.24) is 10.3 Å². The first-order valence-electron chi connectivity index (χ1n) is 6.64. The number of benzene rings is 1. The van der Waals surface area contributed by atoms with E-state index in [1.165, 1.54) is 5.56 Å². The number of hydrogen-bond donors (Lipinski definition) is 1. The maximum atomic E-state index is 5.26. The number of anilines is 2. The molecule has 0 aliphatic carbocycles. The summed E-state index contributed by atoms with van der Waals surface area (Å²) in [6, 6.07) is 12.1. The summed E-state index contributed by atoms with van der Waals surface area (Å²) in [6.07, 6.45) is 0. The maximum absolute atomic E-state index is 5.26. The molecule has 1 N–H and O–H groups in total. The van der Waals surface area contributed by atoms with Crippen LogP contribution < -0.4 is 15.0 Å². The number of aryl methyl sites for hydroxylation is 1. The van der Waals surface area contributed by atoms with E-state index in [9.17, 15) is 0 Å². The molecule has 4 nitrogen and oxygen atoms in total. The van der Waals surface area contributed by atoms with E-state index >= 15 is 0 Å². The molecule has 0 aliphatic heterocycles. The van der Waals surface area contributed by atoms with Gasteiger partial charge in [0.2, 0.25) is 0 Å². The van der Waals surface area contributed by atoms with Gasteiger partial charge in [0, 0.05) is 31.0 Å². The number of methoxy groups -OCH3 is 1. The van der Waals surface area contributed by atoms with Gasteiger partial charge in [0.05, 0.1) is 7.11 Å². The fourth-order valence-electron chi connectivity index (χ4n) is 2.09. The second kappa shape index (κ2) is 6.39. The molecule has 0 fully saturated rings. The third kappa shape index (κ3) is 3.08. The minimum atomic E-state index is 0.835. The standard InChI is InChI=1S/C16H21N3O/c1-12-13(11-17-2)8-9-16(18-12)19(3)14-6-5-7-15(10-14)20-4/h5-10,17H,11H2,1-4H3. The van der Waals surface area contributed by atoms with Crippen LogP contribution in [0.1, 0.15) is 11.3 Å². The van der Waals surface area contributed by atoms with Gasteiger partial charge in [-0.3, -0.25) is 0 Å². The molecule has 20 heavy (non-hydrogen) atoms. The number of nitrogens with zero attached hydrogens (tertiary/aromatic N) is 2. The van der Waals surface area contributed by atoms with Crippen molar-refractivity contribution in [3.05, 3.63) is 47.7 Å². The number of aromatic nitrogens is 1. The lowest BCUT2D eigenvalue weighted by Crippen LogP contribution is -2.13. The topological polar surface area (TPSA) is 37.4 Å². The summed E-state index contributed by atoms with van der Waals surface area (Å²) in [5.74, 6) is 1.77. The van der Waals surface area contributed by atoms with Crippen LogP contribution in [0.2, 0.25) is 0 Å². The van der Waals surface area contributed by atoms with E-state index in [-0.39, 0.29) is 0 Å². The molecule has 2 rings (SSSR count). The summed E-state index contributed by atoms with van der Waals surface area (Å²) in [7, 11) is 5.62. The van der Waals surface area contributed by atoms with E-state index < -0.39 is 0 Å². The summed E-state index contributed by atoms with van der Waals surface area (Å²) in [4.78, 5) is 6.72. The Morgan fingerprint density at radius 3 is 2.70 bits per heavy atom. The number of hydrogen-bond acceptors (Lipinski definition) is 4. The van der Waals surface area contributed by atoms with E-state index in [2.05, 4.69) is 21.3 Å². The van der Waals surface area contributed by atoms with Crippen LogP contribution in [0.5, 0.6) is 5.75 Å². The van der Waals surface area contributed by atoms with Gasteiger partial charge >= 0.3 is 0 Å². The lowest BCUT2D eigenvalue weighted by atomic mass is 10.2. The number of nitrogens with one attached hydrogen (secondary N) is 1. The zero-order valence-electron chi connectivity index (χ0n) is 12.5. The monoisotopic (exact) mass is 271 g/mol. The van der Waals surface area contributed by atoms with Crippen LogP contribution in [0, 0.1) is 6.92 Å². The Bertz CT molecular complexity index is 584. The van der Waals surface area contributed by atoms with Crippen LogP contribution in [-0.4, -0.2) is 26.2 Å². The van der Waals surface area contributed by atoms with Crippen molar-refractivity contribution in [3.63, 3.8) is 0 Å². The van der Waals surface area contributed by atoms with Crippen LogP contribution in [0.15, 0.2) is 36.4 Å². The van der Waals surface area contributed by atoms with Crippen LogP contribution in [0.3, 0.4) is 0 Å². The Morgan fingerprint density at radius 1 is 1.25 bits per heavy atom. The van der Waals surface area contributed by atoms with Crippen LogP contribution in [0.25, 0.3) is 0 Å². The Morgan fingerprint density at radius 2 is 2.05 bits per heavy atom. The van der Waals surface area contributed by atoms with Gasteiger partial charge in [0.15, 0.2) is 0 Å². The van der Waals surface area contributed by atoms with Crippen LogP contribution in [-0.2, 0) is 6.54 Å². The second-order valence-electron chi connectivity index (χ2n) is 4.70. The van der Waals surface area contributed by atoms with Crippen LogP contribution in [0.4, 0.5) is 11.5 Å². The van der Waals surface area contributed by atoms with E-state index in [0.717, 1.165) is 29.5 Å². The molecule has 0 amide bonds. The number of rotatable bonds is 5. The number of pyridine rings is 1. The molecule has 1 aromatic carbocycles. The molecule has 0 atom stereocenters. The summed E-state index contributed by atoms with van der Waals surface area (Å²) in [5, 5.41) is 3.15. The van der Waals surface area contributed by atoms with Crippen molar-refractivity contribution < 1.29 is 4.74 Å². The highest BCUT2D eigenvalue weighted by atomic mass is 16.5. The Balaban J connectivity index is 2.28. The molecule has 0 aliphatic rings. The molecule has 0 radical (unpaired) electrons. The third-order valence-electron chi connectivity index (χ3n) is 3.33. The summed E-state index contributed by atoms with van der Waals surface area (Å²) in [6.45, 7) is 2.87. The minimum absolute atomic E-state index is 0.835. The fraction of sp³-hybridized carbons (Fsp3) is 0.312. The lowest BCUT2D eigenvalue weighted by molar-refractivity contribution is 0.415. The van der Waals surface area contributed by atoms with E-state index in [0.29, 0.717) is 0 Å². The Hall–Kier alpha value is -2.07. The predicted octanol–water partition coefficient (Wildman–Crippen LogP) is 2.89. The quantitative estimate of drug-likeness (QED) is 0.907. The molecule has 1 aromatic heterocycles. The van der Waals surface area contributed by atoms with Gasteiger partial charge in [0.1, 0.15) is 11.6 Å². The smallest absolute Gasteiger partial charge is 0.132 e. The van der Waals surface area contributed by atoms with E-state index in [1.54, 1.807) is 7.11 Å². The van der Waals surface area contributed by atoms with Crippen molar-refractivity contribution in [2.75, 3.05) is 26.1 Å². The Kier molecular flexibility index (Phi) is 4.58.